The lowest BCUT2D eigenvalue weighted by molar-refractivity contribution is -0.172. The Labute approximate surface area is 247 Å². The standard InChI is InChI=1S/C33H32N4O6/c1-2-33(41)25-16-27-28-23(17-37(27)30(38)24(25)19-42-31(33)39)29(36-13-7-4-8-14-36)22-15-21(11-12-26(22)35-28)34-32(40)43-18-20-9-5-3-6-10-20/h3,5-6,9-12,15-16,41H,2,4,7-8,13-14,17-19H2,1H3,(H,34,40)/t33-/m0/s1. The number of pyridine rings is 2. The van der Waals surface area contributed by atoms with Gasteiger partial charge in [-0.1, -0.05) is 37.3 Å². The summed E-state index contributed by atoms with van der Waals surface area (Å²) in [6.07, 6.45) is 2.78. The van der Waals surface area contributed by atoms with E-state index in [-0.39, 0.29) is 25.2 Å². The summed E-state index contributed by atoms with van der Waals surface area (Å²) in [7, 11) is 0. The fraction of sp³-hybridized carbons (Fsp3) is 0.333. The Balaban J connectivity index is 1.31. The van der Waals surface area contributed by atoms with Gasteiger partial charge in [0.05, 0.1) is 34.7 Å². The molecular weight excluding hydrogens is 548 g/mol. The van der Waals surface area contributed by atoms with Gasteiger partial charge in [0.15, 0.2) is 5.60 Å². The van der Waals surface area contributed by atoms with E-state index < -0.39 is 17.7 Å². The van der Waals surface area contributed by atoms with E-state index >= 15 is 0 Å². The predicted molar refractivity (Wildman–Crippen MR) is 161 cm³/mol. The molecule has 2 aromatic heterocycles. The topological polar surface area (TPSA) is 123 Å². The van der Waals surface area contributed by atoms with Crippen LogP contribution in [0.25, 0.3) is 22.3 Å². The molecule has 5 heterocycles. The highest BCUT2D eigenvalue weighted by molar-refractivity contribution is 6.00. The van der Waals surface area contributed by atoms with Gasteiger partial charge >= 0.3 is 12.1 Å². The molecule has 220 valence electrons. The number of carbonyl (C=O) groups is 2. The van der Waals surface area contributed by atoms with Crippen LogP contribution in [-0.4, -0.2) is 39.8 Å². The van der Waals surface area contributed by atoms with Crippen molar-refractivity contribution in [1.29, 1.82) is 0 Å². The Morgan fingerprint density at radius 2 is 1.86 bits per heavy atom. The van der Waals surface area contributed by atoms with Crippen LogP contribution in [0.3, 0.4) is 0 Å². The molecule has 1 atom stereocenters. The number of anilines is 2. The van der Waals surface area contributed by atoms with Crippen molar-refractivity contribution in [3.05, 3.63) is 87.2 Å². The summed E-state index contributed by atoms with van der Waals surface area (Å²) in [5, 5.41) is 15.0. The Bertz CT molecular complexity index is 1830. The number of piperidine rings is 1. The highest BCUT2D eigenvalue weighted by Gasteiger charge is 2.45. The Morgan fingerprint density at radius 1 is 1.07 bits per heavy atom. The molecule has 3 aliphatic rings. The molecule has 1 saturated heterocycles. The van der Waals surface area contributed by atoms with Gasteiger partial charge in [-0.15, -0.1) is 0 Å². The van der Waals surface area contributed by atoms with Crippen LogP contribution in [0.2, 0.25) is 0 Å². The Hall–Kier alpha value is -4.70. The summed E-state index contributed by atoms with van der Waals surface area (Å²) in [5.41, 5.74) is 3.74. The van der Waals surface area contributed by atoms with Crippen molar-refractivity contribution in [2.24, 2.45) is 0 Å². The molecule has 3 aliphatic heterocycles. The van der Waals surface area contributed by atoms with Crippen molar-refractivity contribution in [3.63, 3.8) is 0 Å². The van der Waals surface area contributed by atoms with E-state index in [4.69, 9.17) is 14.5 Å². The van der Waals surface area contributed by atoms with Crippen molar-refractivity contribution in [3.8, 4) is 11.4 Å². The third-order valence-electron chi connectivity index (χ3n) is 8.79. The van der Waals surface area contributed by atoms with Gasteiger partial charge < -0.3 is 24.0 Å². The summed E-state index contributed by atoms with van der Waals surface area (Å²) in [5.74, 6) is -0.743. The van der Waals surface area contributed by atoms with E-state index in [1.165, 1.54) is 0 Å². The largest absolute Gasteiger partial charge is 0.458 e. The van der Waals surface area contributed by atoms with Crippen LogP contribution in [0, 0.1) is 0 Å². The van der Waals surface area contributed by atoms with Gasteiger partial charge in [0.1, 0.15) is 13.2 Å². The fourth-order valence-electron chi connectivity index (χ4n) is 6.49. The first-order valence-corrected chi connectivity index (χ1v) is 14.7. The lowest BCUT2D eigenvalue weighted by atomic mass is 9.86. The Kier molecular flexibility index (Phi) is 6.65. The van der Waals surface area contributed by atoms with Crippen molar-refractivity contribution >= 4 is 34.3 Å². The van der Waals surface area contributed by atoms with Gasteiger partial charge in [-0.3, -0.25) is 10.1 Å². The number of hydrogen-bond acceptors (Lipinski definition) is 8. The summed E-state index contributed by atoms with van der Waals surface area (Å²) >= 11 is 0. The average Bonchev–Trinajstić information content (AvgIpc) is 3.40. The van der Waals surface area contributed by atoms with Crippen molar-refractivity contribution < 1.29 is 24.2 Å². The van der Waals surface area contributed by atoms with Crippen LogP contribution in [0.1, 0.15) is 54.9 Å². The second-order valence-corrected chi connectivity index (χ2v) is 11.4. The summed E-state index contributed by atoms with van der Waals surface area (Å²) in [6.45, 7) is 3.72. The molecule has 10 heteroatoms. The first-order chi connectivity index (χ1) is 20.9. The van der Waals surface area contributed by atoms with Gasteiger partial charge in [0, 0.05) is 35.3 Å². The molecule has 1 fully saturated rings. The molecular formula is C33H32N4O6. The van der Waals surface area contributed by atoms with Crippen LogP contribution in [0.4, 0.5) is 16.2 Å². The molecule has 2 N–H and O–H groups in total. The third-order valence-corrected chi connectivity index (χ3v) is 8.79. The van der Waals surface area contributed by atoms with Gasteiger partial charge in [-0.25, -0.2) is 14.6 Å². The minimum absolute atomic E-state index is 0.0856. The first-order valence-electron chi connectivity index (χ1n) is 14.7. The minimum atomic E-state index is -1.88. The average molecular weight is 581 g/mol. The van der Waals surface area contributed by atoms with E-state index in [9.17, 15) is 19.5 Å². The number of nitrogens with zero attached hydrogens (tertiary/aromatic N) is 3. The van der Waals surface area contributed by atoms with Crippen LogP contribution < -0.4 is 15.8 Å². The lowest BCUT2D eigenvalue weighted by Crippen LogP contribution is -2.44. The van der Waals surface area contributed by atoms with Crippen molar-refractivity contribution in [1.82, 2.24) is 9.55 Å². The zero-order valence-electron chi connectivity index (χ0n) is 23.9. The van der Waals surface area contributed by atoms with Crippen molar-refractivity contribution in [2.45, 2.75) is 58.0 Å². The lowest BCUT2D eigenvalue weighted by Gasteiger charge is -2.31. The number of benzene rings is 2. The zero-order valence-corrected chi connectivity index (χ0v) is 23.9. The number of amides is 1. The second-order valence-electron chi connectivity index (χ2n) is 11.4. The van der Waals surface area contributed by atoms with E-state index in [1.54, 1.807) is 23.6 Å². The maximum atomic E-state index is 13.8. The molecule has 1 amide bonds. The Morgan fingerprint density at radius 3 is 2.63 bits per heavy atom. The zero-order chi connectivity index (χ0) is 29.7. The summed E-state index contributed by atoms with van der Waals surface area (Å²) in [6, 6.07) is 16.8. The number of nitrogens with one attached hydrogen (secondary N) is 1. The van der Waals surface area contributed by atoms with Crippen LogP contribution in [0.15, 0.2) is 59.4 Å². The normalized spacial score (nSPS) is 18.9. The summed E-state index contributed by atoms with van der Waals surface area (Å²) in [4.78, 5) is 46.3. The van der Waals surface area contributed by atoms with Gasteiger partial charge in [-0.05, 0) is 55.5 Å². The number of ether oxygens (including phenoxy) is 2. The molecule has 0 radical (unpaired) electrons. The number of aromatic nitrogens is 2. The van der Waals surface area contributed by atoms with E-state index in [0.717, 1.165) is 54.6 Å². The van der Waals surface area contributed by atoms with E-state index in [0.29, 0.717) is 40.3 Å². The third kappa shape index (κ3) is 4.53. The first kappa shape index (κ1) is 27.2. The number of carbonyl (C=O) groups excluding carboxylic acids is 2. The molecule has 2 aromatic carbocycles. The van der Waals surface area contributed by atoms with Gasteiger partial charge in [0.25, 0.3) is 5.56 Å². The molecule has 0 saturated carbocycles. The quantitative estimate of drug-likeness (QED) is 0.284. The number of rotatable bonds is 5. The highest BCUT2D eigenvalue weighted by Crippen LogP contribution is 2.44. The number of cyclic esters (lactones) is 1. The monoisotopic (exact) mass is 580 g/mol. The van der Waals surface area contributed by atoms with E-state index in [2.05, 4.69) is 10.2 Å². The molecule has 0 aliphatic carbocycles. The van der Waals surface area contributed by atoms with Crippen LogP contribution in [-0.2, 0) is 39.6 Å². The number of fused-ring (bicyclic) bond motifs is 5. The predicted octanol–water partition coefficient (Wildman–Crippen LogP) is 4.82. The fourth-order valence-corrected chi connectivity index (χ4v) is 6.49. The van der Waals surface area contributed by atoms with Gasteiger partial charge in [-0.2, -0.15) is 0 Å². The summed E-state index contributed by atoms with van der Waals surface area (Å²) < 4.78 is 12.3. The molecule has 4 aromatic rings. The SMILES string of the molecule is CC[C@@]1(O)C(=O)OCc2c1cc1n(c2=O)Cc2c-1nc1ccc(NC(=O)OCc3ccccc3)cc1c2N1CCCCC1. The smallest absolute Gasteiger partial charge is 0.411 e. The maximum Gasteiger partial charge on any atom is 0.411 e. The number of aliphatic hydroxyl groups is 1. The van der Waals surface area contributed by atoms with E-state index in [1.807, 2.05) is 42.5 Å². The van der Waals surface area contributed by atoms with Crippen LogP contribution >= 0.6 is 0 Å². The maximum absolute atomic E-state index is 13.8. The number of esters is 1. The molecule has 7 rings (SSSR count). The molecule has 10 nitrogen and oxygen atoms in total. The molecule has 0 spiro atoms. The molecule has 0 unspecified atom stereocenters. The van der Waals surface area contributed by atoms with Crippen LogP contribution in [0.5, 0.6) is 0 Å². The van der Waals surface area contributed by atoms with Crippen molar-refractivity contribution in [2.75, 3.05) is 23.3 Å². The molecule has 0 bridgehead atoms. The highest BCUT2D eigenvalue weighted by atomic mass is 16.6. The minimum Gasteiger partial charge on any atom is -0.458 e. The number of hydrogen-bond donors (Lipinski definition) is 2. The second kappa shape index (κ2) is 10.5. The van der Waals surface area contributed by atoms with Gasteiger partial charge in [0.2, 0.25) is 0 Å². The molecule has 43 heavy (non-hydrogen) atoms.